The van der Waals surface area contributed by atoms with Gasteiger partial charge in [-0.3, -0.25) is 4.79 Å². The maximum Gasteiger partial charge on any atom is 0.454 e. The molecule has 0 atom stereocenters. The molecule has 1 aromatic carbocycles. The summed E-state index contributed by atoms with van der Waals surface area (Å²) < 4.78 is -0.0877. The van der Waals surface area contributed by atoms with E-state index in [-0.39, 0.29) is 35.2 Å². The van der Waals surface area contributed by atoms with Crippen LogP contribution in [0.1, 0.15) is 27.2 Å². The number of hydrazone groups is 1. The summed E-state index contributed by atoms with van der Waals surface area (Å²) >= 11 is 2.27. The number of anilines is 1. The Morgan fingerprint density at radius 3 is 2.43 bits per heavy atom. The molecule has 0 fully saturated rings. The van der Waals surface area contributed by atoms with Crippen LogP contribution in [0.5, 0.6) is 0 Å². The number of allylic oxidation sites excluding steroid dienone is 1. The van der Waals surface area contributed by atoms with E-state index in [0.717, 1.165) is 5.69 Å². The second kappa shape index (κ2) is 7.03. The van der Waals surface area contributed by atoms with Crippen molar-refractivity contribution in [1.29, 1.82) is 0 Å². The van der Waals surface area contributed by atoms with Gasteiger partial charge in [0.15, 0.2) is 5.57 Å². The second-order valence-corrected chi connectivity index (χ2v) is 8.29. The van der Waals surface area contributed by atoms with Crippen molar-refractivity contribution in [1.82, 2.24) is 0 Å². The summed E-state index contributed by atoms with van der Waals surface area (Å²) in [6.07, 6.45) is 0.475. The van der Waals surface area contributed by atoms with Gasteiger partial charge in [-0.05, 0) is 19.1 Å². The van der Waals surface area contributed by atoms with E-state index in [9.17, 15) is 9.90 Å². The Morgan fingerprint density at radius 2 is 1.90 bits per heavy atom. The molecule has 2 N–H and O–H groups in total. The second-order valence-electron chi connectivity index (χ2n) is 5.37. The van der Waals surface area contributed by atoms with Gasteiger partial charge < -0.3 is 5.11 Å². The average Bonchev–Trinajstić information content (AvgIpc) is 2.64. The first-order valence-electron chi connectivity index (χ1n) is 6.37. The molecule has 21 heavy (non-hydrogen) atoms. The van der Waals surface area contributed by atoms with Crippen molar-refractivity contribution in [3.63, 3.8) is 0 Å². The molecule has 6 heteroatoms. The average molecular weight is 577 g/mol. The third-order valence-electron chi connectivity index (χ3n) is 2.91. The van der Waals surface area contributed by atoms with Crippen molar-refractivity contribution in [2.45, 2.75) is 30.6 Å². The summed E-state index contributed by atoms with van der Waals surface area (Å²) in [5.74, 6) is 0.147. The topological polar surface area (TPSA) is 57.2 Å². The number of aliphatic hydroxyl groups excluding tert-OH is 1. The SMILES string of the molecule is CC1=NN(c2ccccc2)C(=[OH+])C1=C(O)CC(C)(C)I.[Ir]. The van der Waals surface area contributed by atoms with Crippen LogP contribution < -0.4 is 5.01 Å². The van der Waals surface area contributed by atoms with E-state index < -0.39 is 0 Å². The predicted octanol–water partition coefficient (Wildman–Crippen LogP) is 3.80. The minimum Gasteiger partial charge on any atom is -0.511 e. The van der Waals surface area contributed by atoms with Crippen LogP contribution >= 0.6 is 22.6 Å². The fourth-order valence-corrected chi connectivity index (χ4v) is 2.45. The van der Waals surface area contributed by atoms with Crippen LogP contribution in [-0.2, 0) is 20.1 Å². The number of benzene rings is 1. The minimum atomic E-state index is -0.0877. The molecule has 0 unspecified atom stereocenters. The molecule has 0 saturated carbocycles. The Labute approximate surface area is 151 Å². The van der Waals surface area contributed by atoms with Gasteiger partial charge in [-0.1, -0.05) is 54.6 Å². The van der Waals surface area contributed by atoms with E-state index in [1.54, 1.807) is 6.92 Å². The van der Waals surface area contributed by atoms with Crippen LogP contribution in [0.15, 0.2) is 46.8 Å². The Kier molecular flexibility index (Phi) is 6.13. The molecular formula is C15H18IIrN2O2+. The van der Waals surface area contributed by atoms with Crippen molar-refractivity contribution in [3.8, 4) is 0 Å². The zero-order valence-corrected chi connectivity index (χ0v) is 16.6. The van der Waals surface area contributed by atoms with Crippen molar-refractivity contribution in [3.05, 3.63) is 41.7 Å². The van der Waals surface area contributed by atoms with Gasteiger partial charge in [-0.15, -0.1) is 5.01 Å². The van der Waals surface area contributed by atoms with Gasteiger partial charge in [0, 0.05) is 29.9 Å². The Balaban J connectivity index is 0.00000220. The maximum atomic E-state index is 10.3. The number of nitrogens with zero attached hydrogens (tertiary/aromatic N) is 2. The number of para-hydroxylation sites is 1. The van der Waals surface area contributed by atoms with Crippen LogP contribution in [0.3, 0.4) is 0 Å². The Morgan fingerprint density at radius 1 is 1.33 bits per heavy atom. The summed E-state index contributed by atoms with van der Waals surface area (Å²) in [6.45, 7) is 5.83. The summed E-state index contributed by atoms with van der Waals surface area (Å²) in [5, 5.41) is 16.0. The van der Waals surface area contributed by atoms with E-state index >= 15 is 0 Å². The fourth-order valence-electron chi connectivity index (χ4n) is 2.09. The normalized spacial score (nSPS) is 17.4. The van der Waals surface area contributed by atoms with E-state index in [1.807, 2.05) is 44.2 Å². The predicted molar refractivity (Wildman–Crippen MR) is 91.3 cm³/mol. The molecule has 0 aromatic heterocycles. The van der Waals surface area contributed by atoms with Crippen molar-refractivity contribution >= 4 is 39.9 Å². The summed E-state index contributed by atoms with van der Waals surface area (Å²) in [7, 11) is 0. The van der Waals surface area contributed by atoms with Gasteiger partial charge in [-0.2, -0.15) is 5.10 Å². The van der Waals surface area contributed by atoms with Gasteiger partial charge >= 0.3 is 5.91 Å². The molecular weight excluding hydrogens is 559 g/mol. The van der Waals surface area contributed by atoms with E-state index in [4.69, 9.17) is 0 Å². The number of hydrogen-bond donors (Lipinski definition) is 1. The molecule has 1 heterocycles. The van der Waals surface area contributed by atoms with Crippen molar-refractivity contribution in [2.24, 2.45) is 5.10 Å². The van der Waals surface area contributed by atoms with E-state index in [1.165, 1.54) is 5.01 Å². The number of alkyl halides is 1. The van der Waals surface area contributed by atoms with Crippen molar-refractivity contribution < 1.29 is 30.0 Å². The summed E-state index contributed by atoms with van der Waals surface area (Å²) in [6, 6.07) is 9.37. The van der Waals surface area contributed by atoms with Crippen LogP contribution in [-0.4, -0.2) is 24.9 Å². The van der Waals surface area contributed by atoms with Gasteiger partial charge in [0.2, 0.25) is 0 Å². The van der Waals surface area contributed by atoms with E-state index in [0.29, 0.717) is 17.7 Å². The molecule has 2 rings (SSSR count). The number of hydrogen-bond acceptors (Lipinski definition) is 2. The minimum absolute atomic E-state index is 0. The first kappa shape index (κ1) is 18.3. The van der Waals surface area contributed by atoms with Crippen LogP contribution in [0.25, 0.3) is 0 Å². The molecule has 1 radical (unpaired) electrons. The Bertz CT molecular complexity index is 591. The number of amides is 1. The smallest absolute Gasteiger partial charge is 0.454 e. The maximum absolute atomic E-state index is 10.3. The van der Waals surface area contributed by atoms with E-state index in [2.05, 4.69) is 27.7 Å². The van der Waals surface area contributed by atoms with Gasteiger partial charge in [0.1, 0.15) is 5.76 Å². The molecule has 115 valence electrons. The Hall–Kier alpha value is -0.721. The zero-order chi connectivity index (χ0) is 14.9. The van der Waals surface area contributed by atoms with Crippen LogP contribution in [0, 0.1) is 0 Å². The zero-order valence-electron chi connectivity index (χ0n) is 12.1. The molecule has 1 aliphatic heterocycles. The quantitative estimate of drug-likeness (QED) is 0.192. The molecule has 1 aromatic rings. The van der Waals surface area contributed by atoms with Gasteiger partial charge in [0.05, 0.1) is 11.4 Å². The fraction of sp³-hybridized carbons (Fsp3) is 0.333. The number of halogens is 1. The molecule has 0 spiro atoms. The summed E-state index contributed by atoms with van der Waals surface area (Å²) in [5.41, 5.74) is 1.81. The van der Waals surface area contributed by atoms with Gasteiger partial charge in [0.25, 0.3) is 0 Å². The largest absolute Gasteiger partial charge is 0.511 e. The molecule has 0 aliphatic carbocycles. The molecule has 1 aliphatic rings. The third-order valence-corrected chi connectivity index (χ3v) is 3.29. The standard InChI is InChI=1S/C15H17IN2O2.Ir/c1-10-13(12(19)9-15(2,3)16)14(20)18(17-10)11-7-5-4-6-8-11;/h4-8,19H,9H2,1-3H3;/p+1. The molecule has 0 bridgehead atoms. The van der Waals surface area contributed by atoms with Crippen LogP contribution in [0.4, 0.5) is 5.69 Å². The monoisotopic (exact) mass is 578 g/mol. The third kappa shape index (κ3) is 4.37. The molecule has 0 saturated heterocycles. The summed E-state index contributed by atoms with van der Waals surface area (Å²) in [4.78, 5) is 10.3. The van der Waals surface area contributed by atoms with Crippen LogP contribution in [0.2, 0.25) is 0 Å². The number of rotatable bonds is 3. The molecule has 4 nitrogen and oxygen atoms in total. The first-order valence-corrected chi connectivity index (χ1v) is 7.45. The number of aliphatic hydroxyl groups is 1. The first-order chi connectivity index (χ1) is 9.29. The van der Waals surface area contributed by atoms with Crippen molar-refractivity contribution in [2.75, 3.05) is 5.01 Å². The van der Waals surface area contributed by atoms with Gasteiger partial charge in [-0.25, -0.2) is 0 Å². The number of carbonyl (C=O) groups excluding carboxylic acids is 1. The molecule has 1 amide bonds.